The van der Waals surface area contributed by atoms with Gasteiger partial charge in [-0.1, -0.05) is 33.3 Å². The highest BCUT2D eigenvalue weighted by atomic mass is 16.5. The first-order valence-corrected chi connectivity index (χ1v) is 9.56. The molecule has 25 heavy (non-hydrogen) atoms. The summed E-state index contributed by atoms with van der Waals surface area (Å²) >= 11 is 0. The second kappa shape index (κ2) is 6.64. The number of carbonyl (C=O) groups excluding carboxylic acids is 1. The zero-order valence-corrected chi connectivity index (χ0v) is 16.1. The van der Waals surface area contributed by atoms with E-state index in [1.54, 1.807) is 7.11 Å². The molecule has 4 heteroatoms. The quantitative estimate of drug-likeness (QED) is 0.770. The van der Waals surface area contributed by atoms with Gasteiger partial charge in [-0.05, 0) is 53.7 Å². The van der Waals surface area contributed by atoms with Gasteiger partial charge in [-0.2, -0.15) is 0 Å². The number of hydrogen-bond acceptors (Lipinski definition) is 4. The number of ether oxygens (including phenoxy) is 1. The summed E-state index contributed by atoms with van der Waals surface area (Å²) in [5, 5.41) is 22.3. The minimum absolute atomic E-state index is 0.0696. The molecule has 1 fully saturated rings. The van der Waals surface area contributed by atoms with E-state index in [1.807, 2.05) is 20.8 Å². The monoisotopic (exact) mass is 348 g/mol. The number of aliphatic hydroxyl groups excluding tert-OH is 2. The first-order valence-electron chi connectivity index (χ1n) is 9.56. The maximum absolute atomic E-state index is 12.8. The Labute approximate surface area is 151 Å². The molecule has 3 aliphatic carbocycles. The number of allylic oxidation sites excluding steroid dienone is 1. The molecule has 4 nitrogen and oxygen atoms in total. The summed E-state index contributed by atoms with van der Waals surface area (Å²) in [7, 11) is 1.68. The fourth-order valence-electron chi connectivity index (χ4n) is 5.46. The Morgan fingerprint density at radius 3 is 2.60 bits per heavy atom. The van der Waals surface area contributed by atoms with Gasteiger partial charge in [-0.3, -0.25) is 4.79 Å². The van der Waals surface area contributed by atoms with Gasteiger partial charge in [0, 0.05) is 18.9 Å². The molecule has 2 N–H and O–H groups in total. The SMILES string of the molecule is COCC1=C2[C@@H](CC1)[C@@H](C)[C@@H](O)CC1=C(C(C)C)C(=O)C[C@]1(C)[C@H]2O. The van der Waals surface area contributed by atoms with Crippen molar-refractivity contribution in [2.45, 2.75) is 65.6 Å². The van der Waals surface area contributed by atoms with E-state index in [9.17, 15) is 15.0 Å². The van der Waals surface area contributed by atoms with E-state index >= 15 is 0 Å². The van der Waals surface area contributed by atoms with Crippen LogP contribution >= 0.6 is 0 Å². The maximum atomic E-state index is 12.8. The highest BCUT2D eigenvalue weighted by Crippen LogP contribution is 2.55. The molecule has 5 atom stereocenters. The lowest BCUT2D eigenvalue weighted by molar-refractivity contribution is -0.117. The van der Waals surface area contributed by atoms with Crippen LogP contribution in [0.15, 0.2) is 22.3 Å². The van der Waals surface area contributed by atoms with Crippen LogP contribution in [0.25, 0.3) is 0 Å². The average Bonchev–Trinajstić information content (AvgIpc) is 3.05. The van der Waals surface area contributed by atoms with Crippen LogP contribution in [0.3, 0.4) is 0 Å². The maximum Gasteiger partial charge on any atom is 0.160 e. The lowest BCUT2D eigenvalue weighted by Crippen LogP contribution is -2.42. The number of ketones is 1. The molecule has 0 unspecified atom stereocenters. The van der Waals surface area contributed by atoms with Crippen molar-refractivity contribution < 1.29 is 19.7 Å². The predicted octanol–water partition coefficient (Wildman–Crippen LogP) is 3.03. The van der Waals surface area contributed by atoms with Crippen LogP contribution < -0.4 is 0 Å². The Morgan fingerprint density at radius 1 is 1.32 bits per heavy atom. The Bertz CT molecular complexity index is 630. The van der Waals surface area contributed by atoms with Crippen LogP contribution in [0.5, 0.6) is 0 Å². The number of aliphatic hydroxyl groups is 2. The molecule has 0 saturated heterocycles. The second-order valence-corrected chi connectivity index (χ2v) is 8.73. The standard InChI is InChI=1S/C21H32O4/c1-11(2)18-15-8-16(22)12(3)14-7-6-13(10-25-5)19(14)20(24)21(15,4)9-17(18)23/h11-12,14,16,20,22,24H,6-10H2,1-5H3/t12-,14+,16+,20+,21+/m1/s1. The van der Waals surface area contributed by atoms with E-state index < -0.39 is 17.6 Å². The molecule has 0 aromatic heterocycles. The summed E-state index contributed by atoms with van der Waals surface area (Å²) in [5.41, 5.74) is 3.40. The Balaban J connectivity index is 2.17. The Hall–Kier alpha value is -0.970. The Kier molecular flexibility index (Phi) is 5.00. The van der Waals surface area contributed by atoms with Crippen molar-refractivity contribution >= 4 is 5.78 Å². The van der Waals surface area contributed by atoms with Crippen molar-refractivity contribution in [1.82, 2.24) is 0 Å². The molecule has 0 heterocycles. The van der Waals surface area contributed by atoms with Gasteiger partial charge in [0.1, 0.15) is 0 Å². The number of hydrogen-bond donors (Lipinski definition) is 2. The molecule has 140 valence electrons. The van der Waals surface area contributed by atoms with E-state index in [0.717, 1.165) is 35.1 Å². The van der Waals surface area contributed by atoms with Crippen LogP contribution in [-0.4, -0.2) is 41.9 Å². The molecule has 3 rings (SSSR count). The molecular formula is C21H32O4. The predicted molar refractivity (Wildman–Crippen MR) is 97.0 cm³/mol. The molecule has 0 aromatic carbocycles. The summed E-state index contributed by atoms with van der Waals surface area (Å²) in [5.74, 6) is 0.494. The highest BCUT2D eigenvalue weighted by molar-refractivity contribution is 6.00. The number of carbonyl (C=O) groups is 1. The van der Waals surface area contributed by atoms with E-state index in [2.05, 4.69) is 6.92 Å². The zero-order valence-electron chi connectivity index (χ0n) is 16.1. The first-order chi connectivity index (χ1) is 11.7. The smallest absolute Gasteiger partial charge is 0.160 e. The molecule has 1 saturated carbocycles. The third-order valence-corrected chi connectivity index (χ3v) is 6.86. The number of fused-ring (bicyclic) bond motifs is 2. The van der Waals surface area contributed by atoms with Crippen molar-refractivity contribution in [3.8, 4) is 0 Å². The minimum Gasteiger partial charge on any atom is -0.392 e. The van der Waals surface area contributed by atoms with E-state index in [-0.39, 0.29) is 23.5 Å². The topological polar surface area (TPSA) is 66.8 Å². The summed E-state index contributed by atoms with van der Waals surface area (Å²) in [6.45, 7) is 8.66. The molecule has 0 bridgehead atoms. The minimum atomic E-state index is -0.671. The van der Waals surface area contributed by atoms with Gasteiger partial charge < -0.3 is 14.9 Å². The molecule has 3 aliphatic rings. The van der Waals surface area contributed by atoms with Crippen LogP contribution in [0, 0.1) is 23.2 Å². The first kappa shape index (κ1) is 18.8. The largest absolute Gasteiger partial charge is 0.392 e. The highest BCUT2D eigenvalue weighted by Gasteiger charge is 2.53. The molecule has 0 radical (unpaired) electrons. The molecule has 0 aromatic rings. The summed E-state index contributed by atoms with van der Waals surface area (Å²) in [6, 6.07) is 0. The van der Waals surface area contributed by atoms with Gasteiger partial charge in [0.25, 0.3) is 0 Å². The molecule has 0 amide bonds. The van der Waals surface area contributed by atoms with E-state index in [1.165, 1.54) is 0 Å². The van der Waals surface area contributed by atoms with Crippen LogP contribution in [0.4, 0.5) is 0 Å². The average molecular weight is 348 g/mol. The van der Waals surface area contributed by atoms with Crippen LogP contribution in [-0.2, 0) is 9.53 Å². The van der Waals surface area contributed by atoms with Crippen molar-refractivity contribution in [2.75, 3.05) is 13.7 Å². The molecule has 0 aliphatic heterocycles. The Morgan fingerprint density at radius 2 is 2.00 bits per heavy atom. The van der Waals surface area contributed by atoms with Crippen molar-refractivity contribution in [2.24, 2.45) is 23.2 Å². The third-order valence-electron chi connectivity index (χ3n) is 6.86. The van der Waals surface area contributed by atoms with E-state index in [0.29, 0.717) is 19.4 Å². The van der Waals surface area contributed by atoms with Gasteiger partial charge >= 0.3 is 0 Å². The van der Waals surface area contributed by atoms with Crippen LogP contribution in [0.2, 0.25) is 0 Å². The van der Waals surface area contributed by atoms with Gasteiger partial charge in [-0.15, -0.1) is 0 Å². The number of methoxy groups -OCH3 is 1. The lowest BCUT2D eigenvalue weighted by atomic mass is 9.65. The third kappa shape index (κ3) is 2.83. The summed E-state index contributed by atoms with van der Waals surface area (Å²) in [4.78, 5) is 12.8. The zero-order chi connectivity index (χ0) is 18.5. The van der Waals surface area contributed by atoms with Gasteiger partial charge in [0.05, 0.1) is 18.8 Å². The number of rotatable bonds is 3. The van der Waals surface area contributed by atoms with E-state index in [4.69, 9.17) is 4.74 Å². The van der Waals surface area contributed by atoms with Crippen molar-refractivity contribution in [3.05, 3.63) is 22.3 Å². The number of Topliss-reactive ketones (excluding diaryl/α,β-unsaturated/α-hetero) is 1. The van der Waals surface area contributed by atoms with Gasteiger partial charge in [0.2, 0.25) is 0 Å². The van der Waals surface area contributed by atoms with Gasteiger partial charge in [-0.25, -0.2) is 0 Å². The molecular weight excluding hydrogens is 316 g/mol. The molecule has 0 spiro atoms. The van der Waals surface area contributed by atoms with Crippen LogP contribution in [0.1, 0.15) is 53.4 Å². The fraction of sp³-hybridized carbons (Fsp3) is 0.762. The second-order valence-electron chi connectivity index (χ2n) is 8.73. The lowest BCUT2D eigenvalue weighted by Gasteiger charge is -2.42. The fourth-order valence-corrected chi connectivity index (χ4v) is 5.46. The van der Waals surface area contributed by atoms with Crippen molar-refractivity contribution in [1.29, 1.82) is 0 Å². The van der Waals surface area contributed by atoms with Gasteiger partial charge in [0.15, 0.2) is 5.78 Å². The van der Waals surface area contributed by atoms with Crippen molar-refractivity contribution in [3.63, 3.8) is 0 Å². The summed E-state index contributed by atoms with van der Waals surface area (Å²) in [6.07, 6.45) is 1.54. The normalized spacial score (nSPS) is 39.0. The summed E-state index contributed by atoms with van der Waals surface area (Å²) < 4.78 is 5.37.